The topological polar surface area (TPSA) is 137 Å². The summed E-state index contributed by atoms with van der Waals surface area (Å²) in [5.74, 6) is -0.450. The van der Waals surface area contributed by atoms with E-state index in [1.807, 2.05) is 13.0 Å². The van der Waals surface area contributed by atoms with E-state index in [0.29, 0.717) is 27.5 Å². The molecule has 12 heteroatoms. The van der Waals surface area contributed by atoms with E-state index in [9.17, 15) is 13.2 Å². The van der Waals surface area contributed by atoms with Crippen molar-refractivity contribution in [2.45, 2.75) is 39.2 Å². The van der Waals surface area contributed by atoms with Crippen molar-refractivity contribution in [2.75, 3.05) is 0 Å². The Bertz CT molecular complexity index is 1540. The molecule has 1 aromatic carbocycles. The summed E-state index contributed by atoms with van der Waals surface area (Å²) in [5.41, 5.74) is 6.21. The maximum atomic E-state index is 15.3. The zero-order valence-electron chi connectivity index (χ0n) is 19.6. The van der Waals surface area contributed by atoms with E-state index >= 15 is 4.39 Å². The van der Waals surface area contributed by atoms with Gasteiger partial charge in [0.05, 0.1) is 5.70 Å². The summed E-state index contributed by atoms with van der Waals surface area (Å²) in [7, 11) is -3.98. The number of nitrogens with one attached hydrogen (secondary N) is 2. The molecule has 1 aliphatic rings. The number of aryl methyl sites for hydroxylation is 2. The summed E-state index contributed by atoms with van der Waals surface area (Å²) in [4.78, 5) is 17.0. The van der Waals surface area contributed by atoms with Crippen molar-refractivity contribution in [3.63, 3.8) is 0 Å². The van der Waals surface area contributed by atoms with Gasteiger partial charge >= 0.3 is 5.63 Å². The average molecular weight is 533 g/mol. The molecule has 0 bridgehead atoms. The quantitative estimate of drug-likeness (QED) is 0.265. The van der Waals surface area contributed by atoms with Crippen LogP contribution in [0.3, 0.4) is 0 Å². The number of allylic oxidation sites excluding steroid dienone is 3. The zero-order chi connectivity index (χ0) is 26.0. The molecule has 0 amide bonds. The van der Waals surface area contributed by atoms with Gasteiger partial charge in [0.2, 0.25) is 0 Å². The number of thiazole rings is 1. The van der Waals surface area contributed by atoms with E-state index in [1.54, 1.807) is 24.6 Å². The van der Waals surface area contributed by atoms with Crippen molar-refractivity contribution in [1.82, 2.24) is 14.4 Å². The van der Waals surface area contributed by atoms with Crippen LogP contribution in [0.1, 0.15) is 29.5 Å². The molecule has 3 aromatic rings. The van der Waals surface area contributed by atoms with Crippen LogP contribution in [0.2, 0.25) is 0 Å². The first-order valence-corrected chi connectivity index (χ1v) is 13.3. The Kier molecular flexibility index (Phi) is 7.29. The van der Waals surface area contributed by atoms with Crippen LogP contribution in [0.25, 0.3) is 11.0 Å². The molecule has 0 radical (unpaired) electrons. The lowest BCUT2D eigenvalue weighted by molar-refractivity contribution is 0.472. The van der Waals surface area contributed by atoms with Gasteiger partial charge in [0.15, 0.2) is 0 Å². The van der Waals surface area contributed by atoms with Crippen molar-refractivity contribution >= 4 is 32.5 Å². The molecule has 0 saturated heterocycles. The Labute approximate surface area is 211 Å². The van der Waals surface area contributed by atoms with E-state index in [2.05, 4.69) is 21.0 Å². The molecule has 4 rings (SSSR count). The third-order valence-electron chi connectivity index (χ3n) is 5.56. The van der Waals surface area contributed by atoms with Gasteiger partial charge in [-0.2, -0.15) is 13.1 Å². The average Bonchev–Trinajstić information content (AvgIpc) is 3.45. The highest BCUT2D eigenvalue weighted by Crippen LogP contribution is 2.32. The van der Waals surface area contributed by atoms with Gasteiger partial charge in [-0.1, -0.05) is 17.9 Å². The highest BCUT2D eigenvalue weighted by Gasteiger charge is 2.28. The van der Waals surface area contributed by atoms with Crippen LogP contribution < -0.4 is 25.5 Å². The van der Waals surface area contributed by atoms with Crippen LogP contribution in [0.5, 0.6) is 10.9 Å². The molecule has 0 atom stereocenters. The van der Waals surface area contributed by atoms with Gasteiger partial charge in [-0.25, -0.2) is 14.2 Å². The highest BCUT2D eigenvalue weighted by atomic mass is 32.2. The summed E-state index contributed by atoms with van der Waals surface area (Å²) < 4.78 is 55.4. The van der Waals surface area contributed by atoms with Crippen LogP contribution in [-0.4, -0.2) is 19.4 Å². The standard InChI is InChI=1S/C24H25FN4O5S2/c1-13-10-18-14(2)19(23(30)33-21(18)12-20(13)34-24-27-8-9-35-24)11-16(6-7-26)22(25)15(3)28-36(31,32)29-17-4-5-17/h6-10,12,17,28-29H,3-5,11,26H2,1-2H3/b7-6-,22-16-. The maximum Gasteiger partial charge on any atom is 0.340 e. The summed E-state index contributed by atoms with van der Waals surface area (Å²) in [5, 5.41) is 2.89. The molecule has 2 aromatic heterocycles. The molecule has 9 nitrogen and oxygen atoms in total. The molecule has 0 spiro atoms. The molecule has 0 unspecified atom stereocenters. The first-order chi connectivity index (χ1) is 17.1. The second kappa shape index (κ2) is 10.2. The molecule has 190 valence electrons. The summed E-state index contributed by atoms with van der Waals surface area (Å²) >= 11 is 1.33. The maximum absolute atomic E-state index is 15.3. The molecular weight excluding hydrogens is 507 g/mol. The number of halogens is 1. The zero-order valence-corrected chi connectivity index (χ0v) is 21.3. The molecule has 2 heterocycles. The Hall–Kier alpha value is -3.48. The largest absolute Gasteiger partial charge is 0.430 e. The minimum Gasteiger partial charge on any atom is -0.430 e. The summed E-state index contributed by atoms with van der Waals surface area (Å²) in [6.07, 6.45) is 5.22. The van der Waals surface area contributed by atoms with Crippen LogP contribution >= 0.6 is 11.3 Å². The Balaban J connectivity index is 1.67. The highest BCUT2D eigenvalue weighted by molar-refractivity contribution is 7.87. The number of ether oxygens (including phenoxy) is 1. The van der Waals surface area contributed by atoms with Gasteiger partial charge in [-0.3, -0.25) is 4.72 Å². The number of hydrogen-bond acceptors (Lipinski definition) is 8. The normalized spacial score (nSPS) is 14.8. The number of nitrogens with two attached hydrogens (primary N) is 1. The van der Waals surface area contributed by atoms with Crippen molar-refractivity contribution < 1.29 is 22.0 Å². The Morgan fingerprint density at radius 1 is 1.39 bits per heavy atom. The summed E-state index contributed by atoms with van der Waals surface area (Å²) in [6.45, 7) is 7.08. The smallest absolute Gasteiger partial charge is 0.340 e. The number of aromatic nitrogens is 1. The van der Waals surface area contributed by atoms with E-state index in [1.165, 1.54) is 17.4 Å². The van der Waals surface area contributed by atoms with Crippen molar-refractivity contribution in [1.29, 1.82) is 0 Å². The van der Waals surface area contributed by atoms with Crippen LogP contribution in [0, 0.1) is 13.8 Å². The number of rotatable bonds is 10. The molecule has 4 N–H and O–H groups in total. The van der Waals surface area contributed by atoms with Crippen molar-refractivity contribution in [3.8, 4) is 10.9 Å². The second-order valence-corrected chi connectivity index (χ2v) is 10.7. The molecular formula is C24H25FN4O5S2. The van der Waals surface area contributed by atoms with E-state index in [-0.39, 0.29) is 23.6 Å². The first-order valence-electron chi connectivity index (χ1n) is 11.0. The number of nitrogens with zero attached hydrogens (tertiary/aromatic N) is 1. The van der Waals surface area contributed by atoms with Crippen LogP contribution in [0.4, 0.5) is 4.39 Å². The Morgan fingerprint density at radius 3 is 2.78 bits per heavy atom. The third kappa shape index (κ3) is 5.83. The third-order valence-corrected chi connectivity index (χ3v) is 7.36. The van der Waals surface area contributed by atoms with Crippen molar-refractivity contribution in [2.24, 2.45) is 5.73 Å². The van der Waals surface area contributed by atoms with Gasteiger partial charge < -0.3 is 14.9 Å². The van der Waals surface area contributed by atoms with Gasteiger partial charge in [-0.05, 0) is 61.7 Å². The first kappa shape index (κ1) is 25.6. The number of fused-ring (bicyclic) bond motifs is 1. The lowest BCUT2D eigenvalue weighted by Crippen LogP contribution is -2.37. The molecule has 1 fully saturated rings. The predicted octanol–water partition coefficient (Wildman–Crippen LogP) is 4.00. The van der Waals surface area contributed by atoms with Crippen LogP contribution in [-0.2, 0) is 16.6 Å². The van der Waals surface area contributed by atoms with Gasteiger partial charge in [-0.15, -0.1) is 0 Å². The summed E-state index contributed by atoms with van der Waals surface area (Å²) in [6, 6.07) is 3.27. The predicted molar refractivity (Wildman–Crippen MR) is 137 cm³/mol. The minimum atomic E-state index is -3.98. The lowest BCUT2D eigenvalue weighted by Gasteiger charge is -2.14. The van der Waals surface area contributed by atoms with Gasteiger partial charge in [0.1, 0.15) is 17.2 Å². The lowest BCUT2D eigenvalue weighted by atomic mass is 9.97. The number of hydrogen-bond donors (Lipinski definition) is 3. The van der Waals surface area contributed by atoms with Crippen molar-refractivity contribution in [3.05, 3.63) is 86.8 Å². The Morgan fingerprint density at radius 2 is 2.14 bits per heavy atom. The van der Waals surface area contributed by atoms with E-state index in [4.69, 9.17) is 14.9 Å². The van der Waals surface area contributed by atoms with E-state index < -0.39 is 27.4 Å². The van der Waals surface area contributed by atoms with Gasteiger partial charge in [0, 0.05) is 41.1 Å². The monoisotopic (exact) mass is 532 g/mol. The minimum absolute atomic E-state index is 0.0354. The van der Waals surface area contributed by atoms with E-state index in [0.717, 1.165) is 24.6 Å². The SMILES string of the molecule is C=C(NS(=O)(=O)NC1CC1)/C(F)=C(\C=C/N)Cc1c(C)c2cc(C)c(Oc3nccs3)cc2oc1=O. The van der Waals surface area contributed by atoms with Crippen LogP contribution in [0.15, 0.2) is 68.9 Å². The molecule has 1 aliphatic carbocycles. The molecule has 0 aliphatic heterocycles. The molecule has 1 saturated carbocycles. The second-order valence-electron chi connectivity index (χ2n) is 8.36. The fraction of sp³-hybridized carbons (Fsp3) is 0.250. The number of benzene rings is 1. The fourth-order valence-corrected chi connectivity index (χ4v) is 5.21. The molecule has 36 heavy (non-hydrogen) atoms. The fourth-order valence-electron chi connectivity index (χ4n) is 3.56. The van der Waals surface area contributed by atoms with Gasteiger partial charge in [0.25, 0.3) is 15.4 Å².